The largest absolute Gasteiger partial charge is 0.488 e. The molecule has 260 valence electrons. The number of thiazole rings is 1. The van der Waals surface area contributed by atoms with Crippen molar-refractivity contribution in [3.8, 4) is 17.0 Å². The van der Waals surface area contributed by atoms with Gasteiger partial charge in [0.15, 0.2) is 5.13 Å². The molecule has 1 amide bonds. The van der Waals surface area contributed by atoms with E-state index in [2.05, 4.69) is 54.5 Å². The number of amides is 1. The summed E-state index contributed by atoms with van der Waals surface area (Å²) in [6, 6.07) is 12.7. The third kappa shape index (κ3) is 8.69. The highest BCUT2D eigenvalue weighted by Gasteiger charge is 2.38. The summed E-state index contributed by atoms with van der Waals surface area (Å²) in [7, 11) is 1.65. The predicted octanol–water partition coefficient (Wildman–Crippen LogP) is 7.78. The van der Waals surface area contributed by atoms with Gasteiger partial charge in [-0.3, -0.25) is 4.79 Å². The van der Waals surface area contributed by atoms with Gasteiger partial charge < -0.3 is 28.7 Å². The minimum absolute atomic E-state index is 0.203. The van der Waals surface area contributed by atoms with Gasteiger partial charge in [0.2, 0.25) is 0 Å². The van der Waals surface area contributed by atoms with Crippen LogP contribution in [0.4, 0.5) is 9.93 Å². The number of benzene rings is 2. The van der Waals surface area contributed by atoms with Crippen LogP contribution in [0.3, 0.4) is 0 Å². The molecule has 0 saturated carbocycles. The Bertz CT molecular complexity index is 1610. The van der Waals surface area contributed by atoms with Gasteiger partial charge in [-0.2, -0.15) is 0 Å². The number of fused-ring (bicyclic) bond motifs is 1. The number of carbonyl (C=O) groups excluding carboxylic acids is 2. The van der Waals surface area contributed by atoms with E-state index in [0.717, 1.165) is 39.7 Å². The Hall–Kier alpha value is -3.63. The van der Waals surface area contributed by atoms with E-state index in [1.165, 1.54) is 11.1 Å². The van der Waals surface area contributed by atoms with Gasteiger partial charge in [-0.05, 0) is 95.5 Å². The number of carbonyl (C=O) groups is 2. The van der Waals surface area contributed by atoms with Crippen LogP contribution in [0.2, 0.25) is 0 Å². The topological polar surface area (TPSA) is 90.4 Å². The Balaban J connectivity index is 1.27. The van der Waals surface area contributed by atoms with Crippen LogP contribution in [0.25, 0.3) is 11.3 Å². The summed E-state index contributed by atoms with van der Waals surface area (Å²) in [5.41, 5.74) is 5.38. The molecule has 2 aliphatic rings. The number of aryl methyl sites for hydroxylation is 1. The van der Waals surface area contributed by atoms with E-state index >= 15 is 0 Å². The minimum Gasteiger partial charge on any atom is -0.488 e. The van der Waals surface area contributed by atoms with Gasteiger partial charge >= 0.3 is 12.1 Å². The van der Waals surface area contributed by atoms with E-state index < -0.39 is 11.2 Å². The van der Waals surface area contributed by atoms with Crippen LogP contribution in [0, 0.1) is 12.8 Å². The fourth-order valence-electron chi connectivity index (χ4n) is 6.42. The lowest BCUT2D eigenvalue weighted by atomic mass is 9.93. The minimum atomic E-state index is -0.534. The maximum absolute atomic E-state index is 12.9. The van der Waals surface area contributed by atoms with Crippen molar-refractivity contribution < 1.29 is 28.5 Å². The van der Waals surface area contributed by atoms with Crippen LogP contribution < -0.4 is 9.64 Å². The molecule has 0 N–H and O–H groups in total. The number of methoxy groups -OCH3 is 1. The van der Waals surface area contributed by atoms with E-state index in [-0.39, 0.29) is 30.0 Å². The highest BCUT2D eigenvalue weighted by atomic mass is 32.1. The van der Waals surface area contributed by atoms with Crippen molar-refractivity contribution in [3.63, 3.8) is 0 Å². The first-order valence-electron chi connectivity index (χ1n) is 16.9. The Kier molecular flexibility index (Phi) is 10.7. The lowest BCUT2D eigenvalue weighted by Gasteiger charge is -2.37. The first-order chi connectivity index (χ1) is 22.6. The van der Waals surface area contributed by atoms with Crippen LogP contribution in [0.15, 0.2) is 41.8 Å². The normalized spacial score (nSPS) is 20.1. The Morgan fingerprint density at radius 3 is 2.46 bits per heavy atom. The number of aromatic nitrogens is 1. The molecule has 1 fully saturated rings. The molecule has 5 rings (SSSR count). The zero-order chi connectivity index (χ0) is 34.8. The molecule has 0 spiro atoms. The number of nitrogens with zero attached hydrogens (tertiary/aromatic N) is 3. The molecular formula is C38H51N3O6S. The molecule has 10 heteroatoms. The van der Waals surface area contributed by atoms with Crippen LogP contribution in [-0.2, 0) is 32.0 Å². The van der Waals surface area contributed by atoms with Gasteiger partial charge in [0, 0.05) is 44.2 Å². The second kappa shape index (κ2) is 14.5. The number of esters is 1. The smallest absolute Gasteiger partial charge is 0.410 e. The summed E-state index contributed by atoms with van der Waals surface area (Å²) in [4.78, 5) is 34.7. The summed E-state index contributed by atoms with van der Waals surface area (Å²) in [6.07, 6.45) is 0.873. The fraction of sp³-hybridized carbons (Fsp3) is 0.553. The first-order valence-corrected chi connectivity index (χ1v) is 17.8. The Morgan fingerprint density at radius 1 is 1.00 bits per heavy atom. The second-order valence-electron chi connectivity index (χ2n) is 15.0. The van der Waals surface area contributed by atoms with Crippen LogP contribution in [0.5, 0.6) is 5.75 Å². The monoisotopic (exact) mass is 677 g/mol. The quantitative estimate of drug-likeness (QED) is 0.234. The molecule has 48 heavy (non-hydrogen) atoms. The molecule has 3 aromatic rings. The molecule has 0 unspecified atom stereocenters. The van der Waals surface area contributed by atoms with Crippen LogP contribution in [-0.4, -0.2) is 72.5 Å². The van der Waals surface area contributed by atoms with Crippen molar-refractivity contribution in [2.24, 2.45) is 5.92 Å². The Labute approximate surface area is 289 Å². The molecule has 2 aromatic carbocycles. The van der Waals surface area contributed by atoms with Crippen molar-refractivity contribution in [2.75, 3.05) is 38.2 Å². The third-order valence-electron chi connectivity index (χ3n) is 8.74. The molecular weight excluding hydrogens is 627 g/mol. The lowest BCUT2D eigenvalue weighted by molar-refractivity contribution is -0.165. The Morgan fingerprint density at radius 2 is 1.75 bits per heavy atom. The molecule has 0 radical (unpaired) electrons. The third-order valence-corrected chi connectivity index (χ3v) is 9.64. The van der Waals surface area contributed by atoms with Crippen LogP contribution >= 0.6 is 11.3 Å². The summed E-state index contributed by atoms with van der Waals surface area (Å²) >= 11 is 1.59. The molecule has 9 nitrogen and oxygen atoms in total. The van der Waals surface area contributed by atoms with Gasteiger partial charge in [0.1, 0.15) is 23.6 Å². The number of hydrogen-bond acceptors (Lipinski definition) is 9. The van der Waals surface area contributed by atoms with E-state index in [4.69, 9.17) is 23.9 Å². The molecule has 3 atom stereocenters. The van der Waals surface area contributed by atoms with Gasteiger partial charge in [-0.25, -0.2) is 9.78 Å². The van der Waals surface area contributed by atoms with Gasteiger partial charge in [0.05, 0.1) is 17.7 Å². The van der Waals surface area contributed by atoms with Gasteiger partial charge in [-0.1, -0.05) is 37.3 Å². The maximum Gasteiger partial charge on any atom is 0.410 e. The number of piperidine rings is 1. The summed E-state index contributed by atoms with van der Waals surface area (Å²) < 4.78 is 23.6. The number of hydrogen-bond donors (Lipinski definition) is 0. The molecule has 3 heterocycles. The second-order valence-corrected chi connectivity index (χ2v) is 15.9. The van der Waals surface area contributed by atoms with Crippen LogP contribution in [0.1, 0.15) is 83.1 Å². The van der Waals surface area contributed by atoms with Gasteiger partial charge in [0.25, 0.3) is 0 Å². The SMILES string of the molecule is CO[C@H]1CN(c2nc(-c3cccc(C)c3OCc3ccc4c(c3)CCN(C(=O)OC(C)(C)C)C[C@H]4C)cs2)CC[C@H]1C(=O)OC(C)(C)C. The number of ether oxygens (including phenoxy) is 4. The highest BCUT2D eigenvalue weighted by molar-refractivity contribution is 7.14. The number of para-hydroxylation sites is 1. The average molecular weight is 678 g/mol. The zero-order valence-electron chi connectivity index (χ0n) is 29.9. The van der Waals surface area contributed by atoms with Crippen molar-refractivity contribution in [3.05, 3.63) is 64.0 Å². The predicted molar refractivity (Wildman–Crippen MR) is 190 cm³/mol. The number of rotatable bonds is 7. The standard InChI is InChI=1S/C38H51N3O6S/c1-24-11-10-12-29(31-23-48-35(39-31)40-18-16-30(32(21-40)44-9)34(42)46-37(3,4)5)33(24)45-22-26-13-14-28-25(2)20-41(17-15-27(28)19-26)36(43)47-38(6,7)8/h10-14,19,23,25,30,32H,15-18,20-22H2,1-9H3/t25-,30-,32+/m1/s1. The average Bonchev–Trinajstić information content (AvgIpc) is 3.44. The van der Waals surface area contributed by atoms with E-state index in [9.17, 15) is 9.59 Å². The van der Waals surface area contributed by atoms with Gasteiger partial charge in [-0.15, -0.1) is 11.3 Å². The van der Waals surface area contributed by atoms with E-state index in [1.807, 2.05) is 52.5 Å². The van der Waals surface area contributed by atoms with Crippen molar-refractivity contribution >= 4 is 28.5 Å². The van der Waals surface area contributed by atoms with Crippen molar-refractivity contribution in [1.29, 1.82) is 0 Å². The molecule has 0 bridgehead atoms. The molecule has 1 saturated heterocycles. The van der Waals surface area contributed by atoms with E-state index in [1.54, 1.807) is 18.4 Å². The summed E-state index contributed by atoms with van der Waals surface area (Å²) in [6.45, 7) is 18.5. The molecule has 1 aromatic heterocycles. The fourth-order valence-corrected chi connectivity index (χ4v) is 7.29. The summed E-state index contributed by atoms with van der Waals surface area (Å²) in [5, 5.41) is 2.96. The maximum atomic E-state index is 12.9. The lowest BCUT2D eigenvalue weighted by Crippen LogP contribution is -2.49. The molecule has 0 aliphatic carbocycles. The summed E-state index contributed by atoms with van der Waals surface area (Å²) in [5.74, 6) is 0.505. The zero-order valence-corrected chi connectivity index (χ0v) is 30.7. The van der Waals surface area contributed by atoms with Crippen molar-refractivity contribution in [1.82, 2.24) is 9.88 Å². The van der Waals surface area contributed by atoms with E-state index in [0.29, 0.717) is 39.2 Å². The number of anilines is 1. The first kappa shape index (κ1) is 35.7. The molecule has 2 aliphatic heterocycles. The van der Waals surface area contributed by atoms with Crippen molar-refractivity contribution in [2.45, 2.75) is 98.1 Å². The highest BCUT2D eigenvalue weighted by Crippen LogP contribution is 2.38.